The van der Waals surface area contributed by atoms with E-state index in [1.54, 1.807) is 20.8 Å². The first-order chi connectivity index (χ1) is 16.6. The van der Waals surface area contributed by atoms with Gasteiger partial charge in [0.05, 0.1) is 5.41 Å². The van der Waals surface area contributed by atoms with Gasteiger partial charge in [-0.25, -0.2) is 0 Å². The summed E-state index contributed by atoms with van der Waals surface area (Å²) in [6.45, 7) is 10.2. The summed E-state index contributed by atoms with van der Waals surface area (Å²) in [6, 6.07) is 0. The predicted octanol–water partition coefficient (Wildman–Crippen LogP) is 7.84. The van der Waals surface area contributed by atoms with E-state index in [-0.39, 0.29) is 12.3 Å². The highest BCUT2D eigenvalue weighted by atomic mass is 16.4. The average Bonchev–Trinajstić information content (AvgIpc) is 2.82. The van der Waals surface area contributed by atoms with Crippen LogP contribution in [0.2, 0.25) is 0 Å². The van der Waals surface area contributed by atoms with Gasteiger partial charge in [-0.1, -0.05) is 111 Å². The number of carboxylic acid groups (broad SMARTS) is 2. The smallest absolute Gasteiger partial charge is 0.309 e. The number of aliphatic hydroxyl groups is 2. The maximum Gasteiger partial charge on any atom is 0.309 e. The minimum absolute atomic E-state index is 0.0257. The molecule has 0 aliphatic carbocycles. The maximum absolute atomic E-state index is 10.8. The molecule has 0 bridgehead atoms. The van der Waals surface area contributed by atoms with Gasteiger partial charge in [-0.05, 0) is 39.0 Å². The van der Waals surface area contributed by atoms with Gasteiger partial charge in [-0.15, -0.1) is 0 Å². The van der Waals surface area contributed by atoms with Gasteiger partial charge in [0, 0.05) is 19.6 Å². The molecule has 0 amide bonds. The molecule has 0 saturated heterocycles. The van der Waals surface area contributed by atoms with Crippen molar-refractivity contribution in [1.82, 2.24) is 0 Å². The third-order valence-electron chi connectivity index (χ3n) is 6.60. The molecule has 0 fully saturated rings. The largest absolute Gasteiger partial charge is 0.481 e. The molecule has 1 unspecified atom stereocenters. The maximum atomic E-state index is 10.8. The second-order valence-electron chi connectivity index (χ2n) is 10.3. The molecule has 0 aromatic carbocycles. The van der Waals surface area contributed by atoms with Crippen LogP contribution in [0.4, 0.5) is 0 Å². The van der Waals surface area contributed by atoms with E-state index in [1.807, 2.05) is 0 Å². The molecule has 4 N–H and O–H groups in total. The first kappa shape index (κ1) is 38.4. The minimum atomic E-state index is -0.884. The summed E-state index contributed by atoms with van der Waals surface area (Å²) in [5.41, 5.74) is -0.852. The van der Waals surface area contributed by atoms with Gasteiger partial charge in [0.1, 0.15) is 0 Å². The highest BCUT2D eigenvalue weighted by molar-refractivity contribution is 5.74. The molecule has 0 aliphatic heterocycles. The SMILES string of the molecule is CC(CCC(=O)O)C(C)(C)C(=O)O.CCCCCCCCCCO.CCCCCCCCCCO. The van der Waals surface area contributed by atoms with Crippen molar-refractivity contribution < 1.29 is 30.0 Å². The Kier molecular flexibility index (Phi) is 31.9. The number of aliphatic carboxylic acids is 2. The molecule has 0 rings (SSSR count). The molecule has 6 nitrogen and oxygen atoms in total. The van der Waals surface area contributed by atoms with Gasteiger partial charge in [0.2, 0.25) is 0 Å². The van der Waals surface area contributed by atoms with Crippen LogP contribution in [-0.2, 0) is 9.59 Å². The molecular formula is C29H60O6. The van der Waals surface area contributed by atoms with E-state index in [4.69, 9.17) is 20.4 Å². The standard InChI is InChI=1S/2C10H22O.C9H16O4/c2*1-2-3-4-5-6-7-8-9-10-11;1-6(4-5-7(10)11)9(2,3)8(12)13/h2*11H,2-10H2,1H3;6H,4-5H2,1-3H3,(H,10,11)(H,12,13). The van der Waals surface area contributed by atoms with Crippen LogP contribution in [0.25, 0.3) is 0 Å². The normalized spacial score (nSPS) is 11.6. The molecule has 0 radical (unpaired) electrons. The fourth-order valence-corrected chi connectivity index (χ4v) is 3.40. The second-order valence-corrected chi connectivity index (χ2v) is 10.3. The summed E-state index contributed by atoms with van der Waals surface area (Å²) >= 11 is 0. The van der Waals surface area contributed by atoms with Crippen molar-refractivity contribution in [2.75, 3.05) is 13.2 Å². The van der Waals surface area contributed by atoms with Gasteiger partial charge >= 0.3 is 11.9 Å². The minimum Gasteiger partial charge on any atom is -0.481 e. The van der Waals surface area contributed by atoms with Crippen LogP contribution in [-0.4, -0.2) is 45.6 Å². The van der Waals surface area contributed by atoms with Gasteiger partial charge in [0.15, 0.2) is 0 Å². The summed E-state index contributed by atoms with van der Waals surface area (Å²) in [5, 5.41) is 34.3. The van der Waals surface area contributed by atoms with E-state index < -0.39 is 17.4 Å². The Balaban J connectivity index is -0.000000441. The van der Waals surface area contributed by atoms with Crippen LogP contribution < -0.4 is 0 Å². The van der Waals surface area contributed by atoms with E-state index >= 15 is 0 Å². The van der Waals surface area contributed by atoms with E-state index in [9.17, 15) is 9.59 Å². The monoisotopic (exact) mass is 504 g/mol. The van der Waals surface area contributed by atoms with Crippen LogP contribution in [0.15, 0.2) is 0 Å². The van der Waals surface area contributed by atoms with Gasteiger partial charge in [-0.3, -0.25) is 9.59 Å². The number of rotatable bonds is 21. The predicted molar refractivity (Wildman–Crippen MR) is 147 cm³/mol. The molecule has 0 aliphatic rings. The van der Waals surface area contributed by atoms with Crippen LogP contribution in [0.1, 0.15) is 150 Å². The first-order valence-electron chi connectivity index (χ1n) is 14.3. The number of carboxylic acids is 2. The zero-order valence-corrected chi connectivity index (χ0v) is 23.8. The van der Waals surface area contributed by atoms with Crippen molar-refractivity contribution in [3.05, 3.63) is 0 Å². The fourth-order valence-electron chi connectivity index (χ4n) is 3.40. The van der Waals surface area contributed by atoms with E-state index in [2.05, 4.69) is 13.8 Å². The summed E-state index contributed by atoms with van der Waals surface area (Å²) in [5.74, 6) is -1.90. The van der Waals surface area contributed by atoms with E-state index in [0.29, 0.717) is 19.6 Å². The number of carbonyl (C=O) groups is 2. The molecule has 6 heteroatoms. The van der Waals surface area contributed by atoms with Crippen LogP contribution >= 0.6 is 0 Å². The highest BCUT2D eigenvalue weighted by Crippen LogP contribution is 2.30. The number of hydrogen-bond acceptors (Lipinski definition) is 4. The summed E-state index contributed by atoms with van der Waals surface area (Å²) in [7, 11) is 0. The topological polar surface area (TPSA) is 115 Å². The third kappa shape index (κ3) is 30.8. The van der Waals surface area contributed by atoms with Gasteiger partial charge in [0.25, 0.3) is 0 Å². The van der Waals surface area contributed by atoms with Crippen molar-refractivity contribution in [3.8, 4) is 0 Å². The summed E-state index contributed by atoms with van der Waals surface area (Å²) in [4.78, 5) is 21.0. The lowest BCUT2D eigenvalue weighted by atomic mass is 9.78. The van der Waals surface area contributed by atoms with Gasteiger partial charge < -0.3 is 20.4 Å². The number of unbranched alkanes of at least 4 members (excludes halogenated alkanes) is 14. The molecule has 1 atom stereocenters. The quantitative estimate of drug-likeness (QED) is 0.118. The summed E-state index contributed by atoms with van der Waals surface area (Å²) in [6.07, 6.45) is 21.2. The Bertz CT molecular complexity index is 416. The molecule has 35 heavy (non-hydrogen) atoms. The van der Waals surface area contributed by atoms with E-state index in [1.165, 1.54) is 89.9 Å². The Morgan fingerprint density at radius 2 is 0.943 bits per heavy atom. The molecule has 0 aromatic rings. The zero-order chi connectivity index (χ0) is 27.4. The number of hydrogen-bond donors (Lipinski definition) is 4. The first-order valence-corrected chi connectivity index (χ1v) is 14.3. The zero-order valence-electron chi connectivity index (χ0n) is 23.8. The Hall–Kier alpha value is -1.14. The third-order valence-corrected chi connectivity index (χ3v) is 6.60. The lowest BCUT2D eigenvalue weighted by molar-refractivity contribution is -0.150. The molecular weight excluding hydrogens is 444 g/mol. The molecule has 0 saturated carbocycles. The van der Waals surface area contributed by atoms with Crippen molar-refractivity contribution in [2.24, 2.45) is 11.3 Å². The van der Waals surface area contributed by atoms with Crippen molar-refractivity contribution in [3.63, 3.8) is 0 Å². The Morgan fingerprint density at radius 1 is 0.629 bits per heavy atom. The molecule has 212 valence electrons. The molecule has 0 heterocycles. The van der Waals surface area contributed by atoms with Crippen molar-refractivity contribution in [2.45, 2.75) is 150 Å². The van der Waals surface area contributed by atoms with Crippen molar-refractivity contribution >= 4 is 11.9 Å². The Labute approximate surface area is 216 Å². The van der Waals surface area contributed by atoms with Crippen molar-refractivity contribution in [1.29, 1.82) is 0 Å². The fraction of sp³-hybridized carbons (Fsp3) is 0.931. The second kappa shape index (κ2) is 29.1. The van der Waals surface area contributed by atoms with Crippen LogP contribution in [0.3, 0.4) is 0 Å². The molecule has 0 aromatic heterocycles. The average molecular weight is 505 g/mol. The Morgan fingerprint density at radius 3 is 1.20 bits per heavy atom. The van der Waals surface area contributed by atoms with Gasteiger partial charge in [-0.2, -0.15) is 0 Å². The lowest BCUT2D eigenvalue weighted by Gasteiger charge is -2.26. The highest BCUT2D eigenvalue weighted by Gasteiger charge is 2.33. The summed E-state index contributed by atoms with van der Waals surface area (Å²) < 4.78 is 0. The number of aliphatic hydroxyl groups excluding tert-OH is 2. The lowest BCUT2D eigenvalue weighted by Crippen LogP contribution is -2.31. The van der Waals surface area contributed by atoms with E-state index in [0.717, 1.165) is 12.8 Å². The van der Waals surface area contributed by atoms with Crippen LogP contribution in [0, 0.1) is 11.3 Å². The molecule has 0 spiro atoms. The van der Waals surface area contributed by atoms with Crippen LogP contribution in [0.5, 0.6) is 0 Å².